The number of ether oxygens (including phenoxy) is 2. The Morgan fingerprint density at radius 3 is 2.61 bits per heavy atom. The van der Waals surface area contributed by atoms with Gasteiger partial charge < -0.3 is 14.8 Å². The summed E-state index contributed by atoms with van der Waals surface area (Å²) in [5.74, 6) is 0.650. The van der Waals surface area contributed by atoms with Crippen molar-refractivity contribution >= 4 is 34.1 Å². The van der Waals surface area contributed by atoms with Crippen LogP contribution in [0.25, 0.3) is 0 Å². The molecule has 4 aromatic rings. The second kappa shape index (κ2) is 12.0. The molecule has 0 unspecified atom stereocenters. The van der Waals surface area contributed by atoms with E-state index in [4.69, 9.17) is 14.5 Å². The van der Waals surface area contributed by atoms with E-state index in [0.29, 0.717) is 34.2 Å². The number of benzene rings is 3. The van der Waals surface area contributed by atoms with Gasteiger partial charge in [0.05, 0.1) is 12.2 Å². The van der Waals surface area contributed by atoms with Gasteiger partial charge >= 0.3 is 0 Å². The molecule has 5 rings (SSSR count). The molecule has 1 aromatic heterocycles. The standard InChI is InChI=1S/C31H29FN2O3S/c1-2-36-27-18-21(16-17-26(27)37-20-22-10-6-8-14-25(22)32)19-33-31-29(24-13-7-9-15-28(24)38-31)30(35)34-23-11-4-3-5-12-23/h3-6,8,10-12,14,16-19H,2,7,9,13,15,20H2,1H3,(H,34,35). The molecule has 194 valence electrons. The van der Waals surface area contributed by atoms with Crippen molar-refractivity contribution in [3.63, 3.8) is 0 Å². The summed E-state index contributed by atoms with van der Waals surface area (Å²) >= 11 is 1.59. The molecule has 38 heavy (non-hydrogen) atoms. The molecule has 0 saturated carbocycles. The summed E-state index contributed by atoms with van der Waals surface area (Å²) < 4.78 is 25.7. The van der Waals surface area contributed by atoms with E-state index in [1.54, 1.807) is 41.8 Å². The first kappa shape index (κ1) is 25.7. The van der Waals surface area contributed by atoms with Crippen LogP contribution in [0.2, 0.25) is 0 Å². The van der Waals surface area contributed by atoms with Gasteiger partial charge in [-0.05, 0) is 80.1 Å². The Morgan fingerprint density at radius 1 is 1.00 bits per heavy atom. The molecule has 3 aromatic carbocycles. The van der Waals surface area contributed by atoms with E-state index in [1.807, 2.05) is 49.4 Å². The van der Waals surface area contributed by atoms with E-state index in [1.165, 1.54) is 10.9 Å². The van der Waals surface area contributed by atoms with Crippen LogP contribution in [0.5, 0.6) is 11.5 Å². The van der Waals surface area contributed by atoms with E-state index < -0.39 is 0 Å². The molecule has 1 aliphatic carbocycles. The van der Waals surface area contributed by atoms with E-state index in [2.05, 4.69) is 5.32 Å². The van der Waals surface area contributed by atoms with Gasteiger partial charge in [0.2, 0.25) is 0 Å². The third-order valence-electron chi connectivity index (χ3n) is 6.35. The number of aliphatic imine (C=N–C) groups is 1. The average Bonchev–Trinajstić information content (AvgIpc) is 3.31. The molecule has 0 spiro atoms. The number of aryl methyl sites for hydroxylation is 1. The number of anilines is 1. The van der Waals surface area contributed by atoms with Crippen molar-refractivity contribution in [2.75, 3.05) is 11.9 Å². The average molecular weight is 529 g/mol. The Labute approximate surface area is 226 Å². The van der Waals surface area contributed by atoms with Crippen molar-refractivity contribution in [2.24, 2.45) is 4.99 Å². The molecular formula is C31H29FN2O3S. The summed E-state index contributed by atoms with van der Waals surface area (Å²) in [6, 6.07) is 21.5. The van der Waals surface area contributed by atoms with Crippen LogP contribution in [0, 0.1) is 5.82 Å². The van der Waals surface area contributed by atoms with Crippen LogP contribution >= 0.6 is 11.3 Å². The quantitative estimate of drug-likeness (QED) is 0.226. The molecule has 0 radical (unpaired) electrons. The zero-order valence-electron chi connectivity index (χ0n) is 21.2. The highest BCUT2D eigenvalue weighted by molar-refractivity contribution is 7.16. The molecule has 0 atom stereocenters. The zero-order chi connectivity index (χ0) is 26.3. The summed E-state index contributed by atoms with van der Waals surface area (Å²) in [6.45, 7) is 2.45. The SMILES string of the molecule is CCOc1cc(C=Nc2sc3c(c2C(=O)Nc2ccccc2)CCCC3)ccc1OCc1ccccc1F. The fourth-order valence-corrected chi connectivity index (χ4v) is 5.72. The van der Waals surface area contributed by atoms with Crippen molar-refractivity contribution in [3.8, 4) is 11.5 Å². The number of thiophene rings is 1. The van der Waals surface area contributed by atoms with E-state index in [9.17, 15) is 9.18 Å². The predicted molar refractivity (Wildman–Crippen MR) is 151 cm³/mol. The minimum Gasteiger partial charge on any atom is -0.490 e. The smallest absolute Gasteiger partial charge is 0.259 e. The Kier molecular flexibility index (Phi) is 8.14. The number of carbonyl (C=O) groups is 1. The molecule has 5 nitrogen and oxygen atoms in total. The van der Waals surface area contributed by atoms with Crippen LogP contribution in [-0.2, 0) is 19.4 Å². The lowest BCUT2D eigenvalue weighted by Crippen LogP contribution is -2.14. The monoisotopic (exact) mass is 528 g/mol. The topological polar surface area (TPSA) is 59.9 Å². The lowest BCUT2D eigenvalue weighted by molar-refractivity contribution is 0.102. The molecule has 7 heteroatoms. The molecule has 1 amide bonds. The molecule has 0 aliphatic heterocycles. The van der Waals surface area contributed by atoms with Gasteiger partial charge in [0, 0.05) is 22.3 Å². The predicted octanol–water partition coefficient (Wildman–Crippen LogP) is 7.75. The highest BCUT2D eigenvalue weighted by Crippen LogP contribution is 2.40. The number of nitrogens with one attached hydrogen (secondary N) is 1. The number of halogens is 1. The van der Waals surface area contributed by atoms with Crippen LogP contribution in [0.1, 0.15) is 51.7 Å². The van der Waals surface area contributed by atoms with Crippen molar-refractivity contribution in [1.29, 1.82) is 0 Å². The molecule has 1 heterocycles. The van der Waals surface area contributed by atoms with Crippen LogP contribution in [-0.4, -0.2) is 18.7 Å². The van der Waals surface area contributed by atoms with Gasteiger partial charge in [-0.2, -0.15) is 0 Å². The molecular weight excluding hydrogens is 499 g/mol. The summed E-state index contributed by atoms with van der Waals surface area (Å²) in [5.41, 5.74) is 3.83. The Hall–Kier alpha value is -3.97. The second-order valence-electron chi connectivity index (χ2n) is 8.99. The van der Waals surface area contributed by atoms with E-state index in [-0.39, 0.29) is 18.3 Å². The molecule has 1 N–H and O–H groups in total. The normalized spacial score (nSPS) is 12.8. The number of nitrogens with zero attached hydrogens (tertiary/aromatic N) is 1. The van der Waals surface area contributed by atoms with Crippen molar-refractivity contribution in [1.82, 2.24) is 0 Å². The second-order valence-corrected chi connectivity index (χ2v) is 10.1. The molecule has 0 bridgehead atoms. The highest BCUT2D eigenvalue weighted by Gasteiger charge is 2.25. The number of hydrogen-bond donors (Lipinski definition) is 1. The number of amides is 1. The Morgan fingerprint density at radius 2 is 1.79 bits per heavy atom. The van der Waals surface area contributed by atoms with Gasteiger partial charge in [-0.25, -0.2) is 9.38 Å². The number of fused-ring (bicyclic) bond motifs is 1. The van der Waals surface area contributed by atoms with Crippen molar-refractivity contribution < 1.29 is 18.7 Å². The summed E-state index contributed by atoms with van der Waals surface area (Å²) in [5, 5.41) is 3.74. The minimum atomic E-state index is -0.306. The van der Waals surface area contributed by atoms with Crippen molar-refractivity contribution in [3.05, 3.63) is 106 Å². The summed E-state index contributed by atoms with van der Waals surface area (Å²) in [4.78, 5) is 19.3. The summed E-state index contributed by atoms with van der Waals surface area (Å²) in [6.07, 6.45) is 5.82. The molecule has 0 fully saturated rings. The van der Waals surface area contributed by atoms with Crippen LogP contribution in [0.3, 0.4) is 0 Å². The first-order valence-electron chi connectivity index (χ1n) is 12.8. The number of rotatable bonds is 9. The first-order chi connectivity index (χ1) is 18.6. The van der Waals surface area contributed by atoms with Crippen LogP contribution < -0.4 is 14.8 Å². The van der Waals surface area contributed by atoms with Crippen LogP contribution in [0.4, 0.5) is 15.1 Å². The largest absolute Gasteiger partial charge is 0.490 e. The molecule has 0 saturated heterocycles. The van der Waals surface area contributed by atoms with Crippen molar-refractivity contribution in [2.45, 2.75) is 39.2 Å². The number of carbonyl (C=O) groups excluding carboxylic acids is 1. The maximum atomic E-state index is 14.0. The van der Waals surface area contributed by atoms with E-state index >= 15 is 0 Å². The number of para-hydroxylation sites is 1. The van der Waals surface area contributed by atoms with Gasteiger partial charge in [-0.1, -0.05) is 36.4 Å². The zero-order valence-corrected chi connectivity index (χ0v) is 22.0. The number of hydrogen-bond acceptors (Lipinski definition) is 5. The third-order valence-corrected chi connectivity index (χ3v) is 7.55. The Balaban J connectivity index is 1.39. The first-order valence-corrected chi connectivity index (χ1v) is 13.6. The van der Waals surface area contributed by atoms with Gasteiger partial charge in [0.1, 0.15) is 17.4 Å². The highest BCUT2D eigenvalue weighted by atomic mass is 32.1. The minimum absolute atomic E-state index is 0.0980. The lowest BCUT2D eigenvalue weighted by Gasteiger charge is -2.13. The lowest BCUT2D eigenvalue weighted by atomic mass is 9.95. The van der Waals surface area contributed by atoms with Gasteiger partial charge in [0.25, 0.3) is 5.91 Å². The third kappa shape index (κ3) is 5.94. The van der Waals surface area contributed by atoms with E-state index in [0.717, 1.165) is 42.5 Å². The Bertz CT molecular complexity index is 1450. The maximum absolute atomic E-state index is 14.0. The van der Waals surface area contributed by atoms with Crippen LogP contribution in [0.15, 0.2) is 77.8 Å². The molecule has 1 aliphatic rings. The maximum Gasteiger partial charge on any atom is 0.259 e. The van der Waals surface area contributed by atoms with Gasteiger partial charge in [-0.15, -0.1) is 11.3 Å². The van der Waals surface area contributed by atoms with Gasteiger partial charge in [-0.3, -0.25) is 4.79 Å². The fraction of sp³-hybridized carbons (Fsp3) is 0.226. The van der Waals surface area contributed by atoms with Gasteiger partial charge in [0.15, 0.2) is 11.5 Å². The summed E-state index contributed by atoms with van der Waals surface area (Å²) in [7, 11) is 0. The fourth-order valence-electron chi connectivity index (χ4n) is 4.49.